The topological polar surface area (TPSA) is 104 Å². The normalized spacial score (nSPS) is 12.0. The highest BCUT2D eigenvalue weighted by molar-refractivity contribution is 7.92. The maximum atomic E-state index is 12.9. The highest BCUT2D eigenvalue weighted by Crippen LogP contribution is 2.31. The van der Waals surface area contributed by atoms with Crippen LogP contribution in [0.1, 0.15) is 11.1 Å². The molecule has 0 atom stereocenters. The lowest BCUT2D eigenvalue weighted by molar-refractivity contribution is -0.137. The summed E-state index contributed by atoms with van der Waals surface area (Å²) in [5.74, 6) is 0.130. The molecule has 3 N–H and O–H groups in total. The van der Waals surface area contributed by atoms with Crippen LogP contribution >= 0.6 is 0 Å². The maximum Gasteiger partial charge on any atom is 0.416 e. The van der Waals surface area contributed by atoms with Crippen molar-refractivity contribution in [2.24, 2.45) is 0 Å². The van der Waals surface area contributed by atoms with Gasteiger partial charge in [-0.2, -0.15) is 13.2 Å². The van der Waals surface area contributed by atoms with Gasteiger partial charge in [-0.1, -0.05) is 30.3 Å². The zero-order chi connectivity index (χ0) is 25.8. The number of imidazole rings is 1. The standard InChI is InChI=1S/C25H19F3N4O3S/c26-25(27,28)18-6-4-7-19(16-18)32-36(34,35)20-8-3-5-17(15-20)11-12-23(33)31-22-10-2-1-9-21(22)24-29-13-14-30-24/h1-16,32H,(H,29,30)(H,31,33)/b12-11+. The fourth-order valence-electron chi connectivity index (χ4n) is 3.32. The van der Waals surface area contributed by atoms with E-state index in [4.69, 9.17) is 0 Å². The summed E-state index contributed by atoms with van der Waals surface area (Å²) >= 11 is 0. The number of nitrogens with one attached hydrogen (secondary N) is 3. The van der Waals surface area contributed by atoms with Crippen molar-refractivity contribution < 1.29 is 26.4 Å². The van der Waals surface area contributed by atoms with Gasteiger partial charge in [0.15, 0.2) is 0 Å². The minimum absolute atomic E-state index is 0.175. The van der Waals surface area contributed by atoms with Gasteiger partial charge in [-0.15, -0.1) is 0 Å². The Morgan fingerprint density at radius 3 is 2.50 bits per heavy atom. The van der Waals surface area contributed by atoms with Crippen molar-refractivity contribution >= 4 is 33.4 Å². The van der Waals surface area contributed by atoms with Gasteiger partial charge in [0.2, 0.25) is 5.91 Å². The molecule has 36 heavy (non-hydrogen) atoms. The molecule has 1 heterocycles. The largest absolute Gasteiger partial charge is 0.416 e. The first-order valence-electron chi connectivity index (χ1n) is 10.5. The zero-order valence-electron chi connectivity index (χ0n) is 18.5. The van der Waals surface area contributed by atoms with Gasteiger partial charge in [0.1, 0.15) is 5.82 Å². The molecule has 184 valence electrons. The van der Waals surface area contributed by atoms with E-state index in [0.717, 1.165) is 12.1 Å². The summed E-state index contributed by atoms with van der Waals surface area (Å²) in [7, 11) is -4.18. The summed E-state index contributed by atoms with van der Waals surface area (Å²) in [6.45, 7) is 0. The van der Waals surface area contributed by atoms with Gasteiger partial charge in [-0.05, 0) is 54.1 Å². The molecular formula is C25H19F3N4O3S. The summed E-state index contributed by atoms with van der Waals surface area (Å²) in [5.41, 5.74) is 0.428. The van der Waals surface area contributed by atoms with Crippen LogP contribution in [-0.4, -0.2) is 24.3 Å². The number of H-pyrrole nitrogens is 1. The average molecular weight is 513 g/mol. The van der Waals surface area contributed by atoms with Crippen molar-refractivity contribution in [2.75, 3.05) is 10.0 Å². The van der Waals surface area contributed by atoms with Crippen molar-refractivity contribution in [3.05, 3.63) is 102 Å². The smallest absolute Gasteiger partial charge is 0.345 e. The molecule has 11 heteroatoms. The first-order chi connectivity index (χ1) is 17.1. The number of amides is 1. The molecule has 7 nitrogen and oxygen atoms in total. The summed E-state index contributed by atoms with van der Waals surface area (Å²) in [6, 6.07) is 16.6. The maximum absolute atomic E-state index is 12.9. The fraction of sp³-hybridized carbons (Fsp3) is 0.0400. The Balaban J connectivity index is 1.49. The van der Waals surface area contributed by atoms with Crippen molar-refractivity contribution in [1.82, 2.24) is 9.97 Å². The first kappa shape index (κ1) is 24.7. The van der Waals surface area contributed by atoms with E-state index in [1.807, 2.05) is 6.07 Å². The third-order valence-electron chi connectivity index (χ3n) is 4.98. The number of hydrogen-bond donors (Lipinski definition) is 3. The molecule has 0 unspecified atom stereocenters. The molecule has 0 aliphatic carbocycles. The number of aromatic nitrogens is 2. The lowest BCUT2D eigenvalue weighted by Gasteiger charge is -2.11. The summed E-state index contributed by atoms with van der Waals surface area (Å²) in [5, 5.41) is 2.76. The number of alkyl halides is 3. The Kier molecular flexibility index (Phi) is 6.93. The van der Waals surface area contributed by atoms with Crippen molar-refractivity contribution in [3.8, 4) is 11.4 Å². The van der Waals surface area contributed by atoms with E-state index in [2.05, 4.69) is 20.0 Å². The minimum atomic E-state index is -4.61. The number of hydrogen-bond acceptors (Lipinski definition) is 4. The van der Waals surface area contributed by atoms with Gasteiger partial charge in [0.25, 0.3) is 10.0 Å². The van der Waals surface area contributed by atoms with Crippen LogP contribution in [0.15, 0.2) is 96.2 Å². The number of carbonyl (C=O) groups excluding carboxylic acids is 1. The Hall–Kier alpha value is -4.38. The zero-order valence-corrected chi connectivity index (χ0v) is 19.3. The third-order valence-corrected chi connectivity index (χ3v) is 6.35. The monoisotopic (exact) mass is 512 g/mol. The molecule has 0 fully saturated rings. The Labute approximate surface area is 204 Å². The van der Waals surface area contributed by atoms with Crippen LogP contribution < -0.4 is 10.0 Å². The predicted molar refractivity (Wildman–Crippen MR) is 130 cm³/mol. The minimum Gasteiger partial charge on any atom is -0.345 e. The molecule has 0 spiro atoms. The van der Waals surface area contributed by atoms with E-state index in [-0.39, 0.29) is 10.6 Å². The SMILES string of the molecule is O=C(/C=C/c1cccc(S(=O)(=O)Nc2cccc(C(F)(F)F)c2)c1)Nc1ccccc1-c1ncc[nH]1. The van der Waals surface area contributed by atoms with Gasteiger partial charge in [-0.3, -0.25) is 9.52 Å². The van der Waals surface area contributed by atoms with E-state index in [9.17, 15) is 26.4 Å². The number of nitrogens with zero attached hydrogens (tertiary/aromatic N) is 1. The molecule has 0 saturated heterocycles. The van der Waals surface area contributed by atoms with E-state index in [0.29, 0.717) is 28.7 Å². The molecule has 4 rings (SSSR count). The summed E-state index contributed by atoms with van der Waals surface area (Å²) in [4.78, 5) is 19.5. The van der Waals surface area contributed by atoms with Crippen LogP contribution in [0.25, 0.3) is 17.5 Å². The summed E-state index contributed by atoms with van der Waals surface area (Å²) in [6.07, 6.45) is 1.32. The lowest BCUT2D eigenvalue weighted by atomic mass is 10.1. The third kappa shape index (κ3) is 5.99. The highest BCUT2D eigenvalue weighted by Gasteiger charge is 2.30. The van der Waals surface area contributed by atoms with Gasteiger partial charge in [0, 0.05) is 29.7 Å². The van der Waals surface area contributed by atoms with Crippen LogP contribution in [0, 0.1) is 0 Å². The van der Waals surface area contributed by atoms with Crippen LogP contribution in [0.2, 0.25) is 0 Å². The van der Waals surface area contributed by atoms with Crippen molar-refractivity contribution in [1.29, 1.82) is 0 Å². The molecule has 1 aromatic heterocycles. The van der Waals surface area contributed by atoms with Crippen LogP contribution in [0.3, 0.4) is 0 Å². The molecule has 1 amide bonds. The Morgan fingerprint density at radius 1 is 0.972 bits per heavy atom. The number of rotatable bonds is 7. The van der Waals surface area contributed by atoms with E-state index < -0.39 is 27.7 Å². The second-order valence-electron chi connectivity index (χ2n) is 7.56. The average Bonchev–Trinajstić information content (AvgIpc) is 3.38. The van der Waals surface area contributed by atoms with E-state index in [1.54, 1.807) is 36.7 Å². The highest BCUT2D eigenvalue weighted by atomic mass is 32.2. The number of para-hydroxylation sites is 1. The number of carbonyl (C=O) groups is 1. The molecule has 4 aromatic rings. The number of sulfonamides is 1. The second kappa shape index (κ2) is 10.1. The van der Waals surface area contributed by atoms with Crippen LogP contribution in [-0.2, 0) is 21.0 Å². The molecule has 3 aromatic carbocycles. The van der Waals surface area contributed by atoms with E-state index in [1.165, 1.54) is 36.4 Å². The quantitative estimate of drug-likeness (QED) is 0.283. The van der Waals surface area contributed by atoms with Crippen molar-refractivity contribution in [2.45, 2.75) is 11.1 Å². The van der Waals surface area contributed by atoms with Crippen LogP contribution in [0.4, 0.5) is 24.5 Å². The number of benzene rings is 3. The van der Waals surface area contributed by atoms with Gasteiger partial charge in [-0.25, -0.2) is 13.4 Å². The predicted octanol–water partition coefficient (Wildman–Crippen LogP) is 5.55. The Bertz CT molecular complexity index is 1520. The molecule has 0 saturated carbocycles. The fourth-order valence-corrected chi connectivity index (χ4v) is 4.42. The molecule has 0 aliphatic heterocycles. The molecular weight excluding hydrogens is 493 g/mol. The molecule has 0 radical (unpaired) electrons. The lowest BCUT2D eigenvalue weighted by Crippen LogP contribution is -2.14. The van der Waals surface area contributed by atoms with E-state index >= 15 is 0 Å². The molecule has 0 aliphatic rings. The summed E-state index contributed by atoms with van der Waals surface area (Å²) < 4.78 is 66.4. The van der Waals surface area contributed by atoms with Crippen molar-refractivity contribution in [3.63, 3.8) is 0 Å². The van der Waals surface area contributed by atoms with Gasteiger partial charge >= 0.3 is 6.18 Å². The van der Waals surface area contributed by atoms with Gasteiger partial charge in [0.05, 0.1) is 16.1 Å². The van der Waals surface area contributed by atoms with Crippen LogP contribution in [0.5, 0.6) is 0 Å². The molecule has 0 bridgehead atoms. The van der Waals surface area contributed by atoms with Gasteiger partial charge < -0.3 is 10.3 Å². The number of halogens is 3. The number of aromatic amines is 1. The first-order valence-corrected chi connectivity index (χ1v) is 12.0. The Morgan fingerprint density at radius 2 is 1.75 bits per heavy atom. The second-order valence-corrected chi connectivity index (χ2v) is 9.24. The number of anilines is 2.